The summed E-state index contributed by atoms with van der Waals surface area (Å²) >= 11 is 0. The Balaban J connectivity index is 4.18. The average Bonchev–Trinajstić information content (AvgIpc) is 3.24. The number of quaternary nitrogens is 1. The summed E-state index contributed by atoms with van der Waals surface area (Å²) in [6, 6.07) is -0.866. The largest absolute Gasteiger partial charge is 0.472 e. The molecule has 0 aromatic rings. The Kier molecular flexibility index (Phi) is 44.9. The van der Waals surface area contributed by atoms with Gasteiger partial charge in [-0.15, -0.1) is 0 Å². The third-order valence-corrected chi connectivity index (χ3v) is 13.1. The number of nitrogens with one attached hydrogen (secondary N) is 1. The van der Waals surface area contributed by atoms with Crippen molar-refractivity contribution in [2.45, 2.75) is 264 Å². The second kappa shape index (κ2) is 45.9. The number of unbranched alkanes of at least 4 members (excludes halogenated alkanes) is 32. The number of phosphoric acid groups is 1. The van der Waals surface area contributed by atoms with Crippen LogP contribution in [0.2, 0.25) is 0 Å². The lowest BCUT2D eigenvalue weighted by molar-refractivity contribution is -0.870. The predicted molar refractivity (Wildman–Crippen MR) is 272 cm³/mol. The first-order chi connectivity index (χ1) is 30.5. The number of carbonyl (C=O) groups is 1. The fraction of sp³-hybridized carbons (Fsp3) is 0.870. The number of aliphatic hydroxyl groups excluding tert-OH is 1. The molecule has 0 spiro atoms. The minimum absolute atomic E-state index is 0.0547. The van der Waals surface area contributed by atoms with Crippen LogP contribution in [0.15, 0.2) is 36.5 Å². The summed E-state index contributed by atoms with van der Waals surface area (Å²) in [4.78, 5) is 23.1. The molecule has 8 nitrogen and oxygen atoms in total. The molecule has 3 atom stereocenters. The highest BCUT2D eigenvalue weighted by atomic mass is 31.2. The number of phosphoric ester groups is 1. The number of hydrogen-bond donors (Lipinski definition) is 3. The molecule has 0 aromatic carbocycles. The quantitative estimate of drug-likeness (QED) is 0.0243. The molecule has 63 heavy (non-hydrogen) atoms. The third-order valence-electron chi connectivity index (χ3n) is 12.1. The van der Waals surface area contributed by atoms with Crippen LogP contribution in [0.5, 0.6) is 0 Å². The molecule has 372 valence electrons. The van der Waals surface area contributed by atoms with Gasteiger partial charge in [-0.3, -0.25) is 13.8 Å². The van der Waals surface area contributed by atoms with Gasteiger partial charge in [0, 0.05) is 6.42 Å². The fourth-order valence-electron chi connectivity index (χ4n) is 7.84. The third kappa shape index (κ3) is 48.5. The molecule has 0 aromatic heterocycles. The zero-order chi connectivity index (χ0) is 46.4. The van der Waals surface area contributed by atoms with Crippen molar-refractivity contribution in [1.82, 2.24) is 5.32 Å². The Labute approximate surface area is 391 Å². The Morgan fingerprint density at radius 1 is 0.524 bits per heavy atom. The molecule has 0 bridgehead atoms. The lowest BCUT2D eigenvalue weighted by Crippen LogP contribution is -2.45. The van der Waals surface area contributed by atoms with Crippen LogP contribution in [0.1, 0.15) is 251 Å². The van der Waals surface area contributed by atoms with E-state index >= 15 is 0 Å². The maximum atomic E-state index is 12.9. The molecule has 0 radical (unpaired) electrons. The van der Waals surface area contributed by atoms with Gasteiger partial charge in [0.1, 0.15) is 13.2 Å². The van der Waals surface area contributed by atoms with Gasteiger partial charge in [-0.25, -0.2) is 4.57 Å². The van der Waals surface area contributed by atoms with Crippen molar-refractivity contribution < 1.29 is 32.9 Å². The zero-order valence-corrected chi connectivity index (χ0v) is 43.2. The first-order valence-corrected chi connectivity index (χ1v) is 28.4. The highest BCUT2D eigenvalue weighted by molar-refractivity contribution is 7.47. The number of likely N-dealkylation sites (N-methyl/N-ethyl adjacent to an activating group) is 1. The Hall–Kier alpha value is -1.28. The van der Waals surface area contributed by atoms with E-state index in [0.29, 0.717) is 17.4 Å². The van der Waals surface area contributed by atoms with Gasteiger partial charge in [0.05, 0.1) is 39.9 Å². The standard InChI is InChI=1S/C54H105N2O6P/c1-6-8-10-12-14-16-18-19-20-21-22-23-24-25-26-27-28-29-30-31-32-33-34-35-36-38-39-41-43-45-47-53(57)52(51-62-63(59,60)61-50-49-56(3,4)5)55-54(58)48-46-44-42-40-37-17-15-13-11-9-7-2/h33-34,38-39,45,47,52-53,57H,6-32,35-37,40-44,46,48-51H2,1-5H3,(H-,55,58,59,60)/p+1/b34-33+,39-38+,47-45+. The van der Waals surface area contributed by atoms with Crippen LogP contribution in [-0.4, -0.2) is 73.4 Å². The Bertz CT molecular complexity index is 1120. The number of rotatable bonds is 49. The molecular formula is C54H106N2O6P+. The van der Waals surface area contributed by atoms with Crippen LogP contribution in [0, 0.1) is 0 Å². The summed E-state index contributed by atoms with van der Waals surface area (Å²) in [6.45, 7) is 4.79. The molecule has 9 heteroatoms. The van der Waals surface area contributed by atoms with E-state index < -0.39 is 20.0 Å². The van der Waals surface area contributed by atoms with Gasteiger partial charge in [-0.05, 0) is 44.9 Å². The zero-order valence-electron chi connectivity index (χ0n) is 42.3. The molecule has 0 aliphatic heterocycles. The second-order valence-electron chi connectivity index (χ2n) is 19.6. The summed E-state index contributed by atoms with van der Waals surface area (Å²) in [6.07, 6.45) is 58.3. The van der Waals surface area contributed by atoms with E-state index in [-0.39, 0.29) is 19.1 Å². The van der Waals surface area contributed by atoms with E-state index in [4.69, 9.17) is 9.05 Å². The molecule has 0 saturated carbocycles. The molecule has 0 heterocycles. The van der Waals surface area contributed by atoms with Crippen molar-refractivity contribution in [2.24, 2.45) is 0 Å². The molecule has 1 amide bonds. The molecule has 0 aliphatic carbocycles. The van der Waals surface area contributed by atoms with Crippen molar-refractivity contribution in [3.63, 3.8) is 0 Å². The molecule has 0 aliphatic rings. The Morgan fingerprint density at radius 2 is 0.873 bits per heavy atom. The lowest BCUT2D eigenvalue weighted by Gasteiger charge is -2.25. The molecule has 3 unspecified atom stereocenters. The molecule has 3 N–H and O–H groups in total. The van der Waals surface area contributed by atoms with Gasteiger partial charge in [-0.2, -0.15) is 0 Å². The van der Waals surface area contributed by atoms with Crippen molar-refractivity contribution in [3.05, 3.63) is 36.5 Å². The highest BCUT2D eigenvalue weighted by Gasteiger charge is 2.27. The monoisotopic (exact) mass is 910 g/mol. The van der Waals surface area contributed by atoms with E-state index in [2.05, 4.69) is 43.5 Å². The average molecular weight is 910 g/mol. The van der Waals surface area contributed by atoms with Crippen molar-refractivity contribution in [2.75, 3.05) is 40.9 Å². The smallest absolute Gasteiger partial charge is 0.387 e. The van der Waals surface area contributed by atoms with Gasteiger partial charge >= 0.3 is 7.82 Å². The maximum Gasteiger partial charge on any atom is 0.472 e. The second-order valence-corrected chi connectivity index (χ2v) is 21.0. The van der Waals surface area contributed by atoms with Crippen LogP contribution >= 0.6 is 7.82 Å². The fourth-order valence-corrected chi connectivity index (χ4v) is 8.58. The van der Waals surface area contributed by atoms with Crippen molar-refractivity contribution in [3.8, 4) is 0 Å². The van der Waals surface area contributed by atoms with Gasteiger partial charge < -0.3 is 19.8 Å². The van der Waals surface area contributed by atoms with E-state index in [1.807, 2.05) is 27.2 Å². The topological polar surface area (TPSA) is 105 Å². The first-order valence-electron chi connectivity index (χ1n) is 26.9. The molecule has 0 fully saturated rings. The summed E-state index contributed by atoms with van der Waals surface area (Å²) in [7, 11) is 1.55. The van der Waals surface area contributed by atoms with Gasteiger partial charge in [-0.1, -0.05) is 237 Å². The molecule has 0 saturated heterocycles. The van der Waals surface area contributed by atoms with E-state index in [0.717, 1.165) is 44.9 Å². The van der Waals surface area contributed by atoms with Crippen LogP contribution in [0.3, 0.4) is 0 Å². The van der Waals surface area contributed by atoms with E-state index in [1.54, 1.807) is 6.08 Å². The predicted octanol–water partition coefficient (Wildman–Crippen LogP) is 15.8. The molecule has 0 rings (SSSR count). The lowest BCUT2D eigenvalue weighted by atomic mass is 10.0. The first kappa shape index (κ1) is 61.7. The number of aliphatic hydroxyl groups is 1. The van der Waals surface area contributed by atoms with Gasteiger partial charge in [0.25, 0.3) is 0 Å². The van der Waals surface area contributed by atoms with Crippen LogP contribution < -0.4 is 5.32 Å². The minimum atomic E-state index is -4.35. The summed E-state index contributed by atoms with van der Waals surface area (Å²) < 4.78 is 23.6. The minimum Gasteiger partial charge on any atom is -0.387 e. The van der Waals surface area contributed by atoms with Gasteiger partial charge in [0.15, 0.2) is 0 Å². The maximum absolute atomic E-state index is 12.9. The van der Waals surface area contributed by atoms with E-state index in [9.17, 15) is 19.4 Å². The SMILES string of the molecule is CCCCCCCCCCCCCCCCCCCCCC/C=C/CC/C=C/CC/C=C/C(O)C(COP(=O)(O)OCC[N+](C)(C)C)NC(=O)CCCCCCCCCCCCC. The normalized spacial score (nSPS) is 14.3. The molecular weight excluding hydrogens is 804 g/mol. The summed E-state index contributed by atoms with van der Waals surface area (Å²) in [5.74, 6) is -0.191. The van der Waals surface area contributed by atoms with Gasteiger partial charge in [0.2, 0.25) is 5.91 Å². The van der Waals surface area contributed by atoms with Crippen molar-refractivity contribution >= 4 is 13.7 Å². The van der Waals surface area contributed by atoms with E-state index in [1.165, 1.54) is 186 Å². The number of allylic oxidation sites excluding steroid dienone is 5. The summed E-state index contributed by atoms with van der Waals surface area (Å²) in [5, 5.41) is 13.8. The number of hydrogen-bond acceptors (Lipinski definition) is 5. The van der Waals surface area contributed by atoms with Crippen LogP contribution in [-0.2, 0) is 18.4 Å². The van der Waals surface area contributed by atoms with Crippen LogP contribution in [0.25, 0.3) is 0 Å². The Morgan fingerprint density at radius 3 is 1.27 bits per heavy atom. The number of amides is 1. The van der Waals surface area contributed by atoms with Crippen molar-refractivity contribution in [1.29, 1.82) is 0 Å². The highest BCUT2D eigenvalue weighted by Crippen LogP contribution is 2.43. The number of nitrogens with zero attached hydrogens (tertiary/aromatic N) is 1. The number of carbonyl (C=O) groups excluding carboxylic acids is 1. The van der Waals surface area contributed by atoms with Crippen LogP contribution in [0.4, 0.5) is 0 Å². The summed E-state index contributed by atoms with van der Waals surface area (Å²) in [5.41, 5.74) is 0.